The van der Waals surface area contributed by atoms with Gasteiger partial charge in [-0.1, -0.05) is 6.92 Å². The monoisotopic (exact) mass is 237 g/mol. The van der Waals surface area contributed by atoms with Gasteiger partial charge in [0.05, 0.1) is 18.1 Å². The van der Waals surface area contributed by atoms with Crippen LogP contribution >= 0.6 is 0 Å². The van der Waals surface area contributed by atoms with E-state index in [-0.39, 0.29) is 17.4 Å². The molecule has 0 aliphatic heterocycles. The van der Waals surface area contributed by atoms with Gasteiger partial charge in [-0.15, -0.1) is 0 Å². The summed E-state index contributed by atoms with van der Waals surface area (Å²) in [5, 5.41) is 10.7. The molecule has 0 radical (unpaired) electrons. The summed E-state index contributed by atoms with van der Waals surface area (Å²) in [4.78, 5) is 21.4. The van der Waals surface area contributed by atoms with Crippen molar-refractivity contribution in [1.29, 1.82) is 0 Å². The third kappa shape index (κ3) is 3.55. The van der Waals surface area contributed by atoms with Crippen molar-refractivity contribution >= 4 is 11.5 Å². The van der Waals surface area contributed by atoms with Gasteiger partial charge < -0.3 is 4.74 Å². The van der Waals surface area contributed by atoms with Gasteiger partial charge in [0.25, 0.3) is 5.69 Å². The molecule has 1 aromatic carbocycles. The number of Topliss-reactive ketones (excluding diaryl/α,β-unsaturated/α-hetero) is 1. The molecule has 0 aliphatic rings. The first-order valence-corrected chi connectivity index (χ1v) is 5.27. The topological polar surface area (TPSA) is 69.4 Å². The third-order valence-electron chi connectivity index (χ3n) is 2.63. The molecule has 0 spiro atoms. The first-order chi connectivity index (χ1) is 7.93. The van der Waals surface area contributed by atoms with E-state index in [1.54, 1.807) is 13.0 Å². The number of nitro groups is 1. The number of nitrogens with zero attached hydrogens (tertiary/aromatic N) is 1. The van der Waals surface area contributed by atoms with E-state index in [0.29, 0.717) is 12.2 Å². The number of ketones is 1. The summed E-state index contributed by atoms with van der Waals surface area (Å²) in [6, 6.07) is 4.55. The Morgan fingerprint density at radius 2 is 2.12 bits per heavy atom. The molecule has 0 saturated heterocycles. The first kappa shape index (κ1) is 13.2. The maximum Gasteiger partial charge on any atom is 0.273 e. The molecule has 0 fully saturated rings. The number of non-ortho nitro benzene ring substituents is 1. The Balaban J connectivity index is 3.02. The lowest BCUT2D eigenvalue weighted by Gasteiger charge is -2.09. The molecule has 0 saturated carbocycles. The number of rotatable bonds is 5. The number of ether oxygens (including phenoxy) is 1. The maximum atomic E-state index is 11.2. The second kappa shape index (κ2) is 5.43. The Bertz CT molecular complexity index is 442. The molecular weight excluding hydrogens is 222 g/mol. The van der Waals surface area contributed by atoms with Gasteiger partial charge in [0.2, 0.25) is 0 Å². The number of carbonyl (C=O) groups is 1. The van der Waals surface area contributed by atoms with Gasteiger partial charge >= 0.3 is 0 Å². The van der Waals surface area contributed by atoms with Gasteiger partial charge in [-0.2, -0.15) is 0 Å². The second-order valence-electron chi connectivity index (χ2n) is 4.01. The van der Waals surface area contributed by atoms with Crippen molar-refractivity contribution in [3.8, 4) is 5.75 Å². The second-order valence-corrected chi connectivity index (χ2v) is 4.01. The van der Waals surface area contributed by atoms with Crippen LogP contribution in [-0.4, -0.2) is 17.8 Å². The van der Waals surface area contributed by atoms with Crippen LogP contribution < -0.4 is 4.74 Å². The summed E-state index contributed by atoms with van der Waals surface area (Å²) < 4.78 is 5.00. The molecule has 0 aromatic heterocycles. The molecule has 1 rings (SSSR count). The van der Waals surface area contributed by atoms with Gasteiger partial charge in [0.1, 0.15) is 11.5 Å². The van der Waals surface area contributed by atoms with Crippen LogP contribution in [0.1, 0.15) is 19.4 Å². The van der Waals surface area contributed by atoms with Gasteiger partial charge in [0, 0.05) is 12.0 Å². The molecule has 92 valence electrons. The predicted octanol–water partition coefficient (Wildman–Crippen LogP) is 2.37. The molecular formula is C12H15NO4. The SMILES string of the molecule is COc1cc(CC(C)C(C)=O)cc([N+](=O)[O-])c1. The Kier molecular flexibility index (Phi) is 4.20. The van der Waals surface area contributed by atoms with Crippen molar-refractivity contribution in [3.05, 3.63) is 33.9 Å². The highest BCUT2D eigenvalue weighted by Gasteiger charge is 2.14. The van der Waals surface area contributed by atoms with Gasteiger partial charge in [0.15, 0.2) is 0 Å². The minimum Gasteiger partial charge on any atom is -0.496 e. The summed E-state index contributed by atoms with van der Waals surface area (Å²) >= 11 is 0. The normalized spacial score (nSPS) is 11.9. The van der Waals surface area contributed by atoms with E-state index < -0.39 is 4.92 Å². The van der Waals surface area contributed by atoms with Crippen LogP contribution in [0.15, 0.2) is 18.2 Å². The van der Waals surface area contributed by atoms with Crippen molar-refractivity contribution in [1.82, 2.24) is 0 Å². The number of hydrogen-bond acceptors (Lipinski definition) is 4. The van der Waals surface area contributed by atoms with Crippen molar-refractivity contribution in [3.63, 3.8) is 0 Å². The quantitative estimate of drug-likeness (QED) is 0.582. The van der Waals surface area contributed by atoms with Crippen molar-refractivity contribution in [2.45, 2.75) is 20.3 Å². The Morgan fingerprint density at radius 1 is 1.47 bits per heavy atom. The summed E-state index contributed by atoms with van der Waals surface area (Å²) in [5.74, 6) is 0.349. The molecule has 0 N–H and O–H groups in total. The van der Waals surface area contributed by atoms with E-state index in [4.69, 9.17) is 4.74 Å². The minimum atomic E-state index is -0.468. The highest BCUT2D eigenvalue weighted by Crippen LogP contribution is 2.24. The molecule has 1 unspecified atom stereocenters. The zero-order valence-electron chi connectivity index (χ0n) is 10.1. The van der Waals surface area contributed by atoms with Crippen LogP contribution in [-0.2, 0) is 11.2 Å². The number of benzene rings is 1. The minimum absolute atomic E-state index is 0.0184. The highest BCUT2D eigenvalue weighted by atomic mass is 16.6. The molecule has 1 atom stereocenters. The molecule has 17 heavy (non-hydrogen) atoms. The van der Waals surface area contributed by atoms with Crippen LogP contribution in [0.3, 0.4) is 0 Å². The molecule has 0 aliphatic carbocycles. The van der Waals surface area contributed by atoms with E-state index in [1.807, 2.05) is 0 Å². The fraction of sp³-hybridized carbons (Fsp3) is 0.417. The van der Waals surface area contributed by atoms with Crippen molar-refractivity contribution in [2.75, 3.05) is 7.11 Å². The zero-order valence-corrected chi connectivity index (χ0v) is 10.1. The van der Waals surface area contributed by atoms with Crippen LogP contribution in [0.2, 0.25) is 0 Å². The lowest BCUT2D eigenvalue weighted by atomic mass is 9.97. The van der Waals surface area contributed by atoms with Crippen LogP contribution in [0.4, 0.5) is 5.69 Å². The van der Waals surface area contributed by atoms with Crippen molar-refractivity contribution in [2.24, 2.45) is 5.92 Å². The first-order valence-electron chi connectivity index (χ1n) is 5.27. The van der Waals surface area contributed by atoms with E-state index >= 15 is 0 Å². The van der Waals surface area contributed by atoms with Gasteiger partial charge in [-0.25, -0.2) is 0 Å². The highest BCUT2D eigenvalue weighted by molar-refractivity contribution is 5.78. The number of hydrogen-bond donors (Lipinski definition) is 0. The Morgan fingerprint density at radius 3 is 2.59 bits per heavy atom. The van der Waals surface area contributed by atoms with Crippen LogP contribution in [0.5, 0.6) is 5.75 Å². The lowest BCUT2D eigenvalue weighted by Crippen LogP contribution is -2.09. The average molecular weight is 237 g/mol. The lowest BCUT2D eigenvalue weighted by molar-refractivity contribution is -0.385. The fourth-order valence-electron chi connectivity index (χ4n) is 1.48. The van der Waals surface area contributed by atoms with E-state index in [0.717, 1.165) is 5.56 Å². The van der Waals surface area contributed by atoms with Crippen LogP contribution in [0.25, 0.3) is 0 Å². The van der Waals surface area contributed by atoms with Crippen molar-refractivity contribution < 1.29 is 14.5 Å². The summed E-state index contributed by atoms with van der Waals surface area (Å²) in [5.41, 5.74) is 0.717. The molecule has 5 nitrogen and oxygen atoms in total. The van der Waals surface area contributed by atoms with E-state index in [1.165, 1.54) is 26.2 Å². The number of carbonyl (C=O) groups excluding carboxylic acids is 1. The number of nitro benzene ring substituents is 1. The molecule has 0 heterocycles. The van der Waals surface area contributed by atoms with E-state index in [2.05, 4.69) is 0 Å². The van der Waals surface area contributed by atoms with Crippen LogP contribution in [0, 0.1) is 16.0 Å². The maximum absolute atomic E-state index is 11.2. The van der Waals surface area contributed by atoms with Gasteiger partial charge in [-0.05, 0) is 25.0 Å². The fourth-order valence-corrected chi connectivity index (χ4v) is 1.48. The number of methoxy groups -OCH3 is 1. The summed E-state index contributed by atoms with van der Waals surface area (Å²) in [6.07, 6.45) is 0.480. The largest absolute Gasteiger partial charge is 0.496 e. The Labute approximate surface area is 99.5 Å². The molecule has 5 heteroatoms. The molecule has 1 aromatic rings. The summed E-state index contributed by atoms with van der Waals surface area (Å²) in [6.45, 7) is 3.31. The molecule has 0 bridgehead atoms. The predicted molar refractivity (Wildman–Crippen MR) is 63.2 cm³/mol. The molecule has 0 amide bonds. The summed E-state index contributed by atoms with van der Waals surface area (Å²) in [7, 11) is 1.46. The average Bonchev–Trinajstić information content (AvgIpc) is 2.28. The third-order valence-corrected chi connectivity index (χ3v) is 2.63. The Hall–Kier alpha value is -1.91. The van der Waals surface area contributed by atoms with E-state index in [9.17, 15) is 14.9 Å². The standard InChI is InChI=1S/C12H15NO4/c1-8(9(2)14)4-10-5-11(13(15)16)7-12(6-10)17-3/h5-8H,4H2,1-3H3. The zero-order chi connectivity index (χ0) is 13.0. The van der Waals surface area contributed by atoms with Gasteiger partial charge in [-0.3, -0.25) is 14.9 Å². The smallest absolute Gasteiger partial charge is 0.273 e.